The fourth-order valence-electron chi connectivity index (χ4n) is 3.52. The van der Waals surface area contributed by atoms with E-state index in [0.29, 0.717) is 0 Å². The molecule has 0 heterocycles. The molecule has 0 aromatic rings. The molecule has 2 rings (SSSR count). The molecule has 2 aliphatic carbocycles. The Balaban J connectivity index is 1.67. The molecule has 2 fully saturated rings. The molecule has 2 aliphatic rings. The molecule has 0 radical (unpaired) electrons. The highest BCUT2D eigenvalue weighted by Gasteiger charge is 2.23. The van der Waals surface area contributed by atoms with Crippen molar-refractivity contribution in [1.29, 1.82) is 0 Å². The van der Waals surface area contributed by atoms with Crippen LogP contribution in [0.15, 0.2) is 0 Å². The van der Waals surface area contributed by atoms with E-state index in [1.54, 1.807) is 19.3 Å². The third-order valence-electron chi connectivity index (χ3n) is 4.58. The number of hydrogen-bond acceptors (Lipinski definition) is 0. The quantitative estimate of drug-likeness (QED) is 0.623. The van der Waals surface area contributed by atoms with Gasteiger partial charge in [-0.15, -0.1) is 0 Å². The lowest BCUT2D eigenvalue weighted by Gasteiger charge is -2.31. The predicted octanol–water partition coefficient (Wildman–Crippen LogP) is 5.16. The van der Waals surface area contributed by atoms with Crippen LogP contribution in [0.3, 0.4) is 0 Å². The number of halogens is 1. The van der Waals surface area contributed by atoms with E-state index in [-0.39, 0.29) is 0 Å². The van der Waals surface area contributed by atoms with E-state index < -0.39 is 0 Å². The minimum absolute atomic E-state index is 0.993. The summed E-state index contributed by atoms with van der Waals surface area (Å²) in [7, 11) is 0. The van der Waals surface area contributed by atoms with Crippen LogP contribution >= 0.6 is 15.9 Å². The second-order valence-corrected chi connectivity index (χ2v) is 6.43. The van der Waals surface area contributed by atoms with E-state index in [2.05, 4.69) is 15.9 Å². The largest absolute Gasteiger partial charge is 0.0925 e. The first-order chi connectivity index (χ1) is 7.38. The normalized spacial score (nSPS) is 34.2. The first-order valence-electron chi connectivity index (χ1n) is 6.94. The molecule has 0 atom stereocenters. The molecule has 0 bridgehead atoms. The van der Waals surface area contributed by atoms with Crippen LogP contribution in [0.1, 0.15) is 64.2 Å². The smallest absolute Gasteiger partial charge is 0.00596 e. The molecular formula is C14H25Br. The van der Waals surface area contributed by atoms with Crippen molar-refractivity contribution in [3.63, 3.8) is 0 Å². The van der Waals surface area contributed by atoms with Crippen molar-refractivity contribution in [2.24, 2.45) is 17.8 Å². The van der Waals surface area contributed by atoms with Gasteiger partial charge in [-0.2, -0.15) is 0 Å². The number of rotatable bonds is 3. The van der Waals surface area contributed by atoms with Gasteiger partial charge in [0.15, 0.2) is 0 Å². The molecular weight excluding hydrogens is 248 g/mol. The van der Waals surface area contributed by atoms with E-state index in [0.717, 1.165) is 17.8 Å². The summed E-state index contributed by atoms with van der Waals surface area (Å²) < 4.78 is 0. The topological polar surface area (TPSA) is 0 Å². The summed E-state index contributed by atoms with van der Waals surface area (Å²) in [6, 6.07) is 0. The summed E-state index contributed by atoms with van der Waals surface area (Å²) in [6.07, 6.45) is 15.2. The highest BCUT2D eigenvalue weighted by molar-refractivity contribution is 9.09. The van der Waals surface area contributed by atoms with E-state index >= 15 is 0 Å². The van der Waals surface area contributed by atoms with Crippen LogP contribution in [-0.2, 0) is 0 Å². The first-order valence-corrected chi connectivity index (χ1v) is 8.06. The highest BCUT2D eigenvalue weighted by atomic mass is 79.9. The fraction of sp³-hybridized carbons (Fsp3) is 1.00. The minimum Gasteiger partial charge on any atom is -0.0925 e. The van der Waals surface area contributed by atoms with Crippen molar-refractivity contribution in [3.8, 4) is 0 Å². The fourth-order valence-corrected chi connectivity index (χ4v) is 4.16. The van der Waals surface area contributed by atoms with Crippen LogP contribution in [-0.4, -0.2) is 5.33 Å². The van der Waals surface area contributed by atoms with Gasteiger partial charge in [0.05, 0.1) is 0 Å². The van der Waals surface area contributed by atoms with Gasteiger partial charge in [-0.1, -0.05) is 60.9 Å². The van der Waals surface area contributed by atoms with Crippen LogP contribution in [0.4, 0.5) is 0 Å². The Labute approximate surface area is 103 Å². The lowest BCUT2D eigenvalue weighted by molar-refractivity contribution is 0.220. The Morgan fingerprint density at radius 2 is 1.20 bits per heavy atom. The zero-order valence-corrected chi connectivity index (χ0v) is 11.5. The molecule has 0 nitrogen and oxygen atoms in total. The minimum atomic E-state index is 0.993. The molecule has 0 aliphatic heterocycles. The van der Waals surface area contributed by atoms with Gasteiger partial charge < -0.3 is 0 Å². The molecule has 15 heavy (non-hydrogen) atoms. The zero-order valence-electron chi connectivity index (χ0n) is 9.89. The summed E-state index contributed by atoms with van der Waals surface area (Å²) in [5.74, 6) is 3.18. The molecule has 2 saturated carbocycles. The molecule has 0 unspecified atom stereocenters. The molecule has 0 spiro atoms. The van der Waals surface area contributed by atoms with Crippen LogP contribution in [0.25, 0.3) is 0 Å². The molecule has 0 aromatic carbocycles. The number of hydrogen-bond donors (Lipinski definition) is 0. The van der Waals surface area contributed by atoms with Crippen LogP contribution in [0.2, 0.25) is 0 Å². The van der Waals surface area contributed by atoms with E-state index in [1.807, 2.05) is 0 Å². The van der Waals surface area contributed by atoms with Crippen molar-refractivity contribution in [2.45, 2.75) is 64.2 Å². The Morgan fingerprint density at radius 3 is 1.80 bits per heavy atom. The van der Waals surface area contributed by atoms with Crippen molar-refractivity contribution >= 4 is 15.9 Å². The summed E-state index contributed by atoms with van der Waals surface area (Å²) in [5, 5.41) is 1.24. The van der Waals surface area contributed by atoms with Gasteiger partial charge in [-0.05, 0) is 37.0 Å². The maximum atomic E-state index is 3.63. The van der Waals surface area contributed by atoms with Crippen molar-refractivity contribution in [1.82, 2.24) is 0 Å². The standard InChI is InChI=1S/C14H25Br/c15-11-14-8-6-13(7-9-14)10-12-4-2-1-3-5-12/h12-14H,1-11H2. The Morgan fingerprint density at radius 1 is 0.667 bits per heavy atom. The molecule has 0 saturated heterocycles. The zero-order chi connectivity index (χ0) is 10.5. The molecule has 88 valence electrons. The van der Waals surface area contributed by atoms with Gasteiger partial charge in [0.1, 0.15) is 0 Å². The van der Waals surface area contributed by atoms with E-state index in [1.165, 1.54) is 50.3 Å². The molecule has 0 amide bonds. The second-order valence-electron chi connectivity index (χ2n) is 5.78. The molecule has 0 N–H and O–H groups in total. The molecule has 0 aromatic heterocycles. The van der Waals surface area contributed by atoms with Crippen molar-refractivity contribution in [2.75, 3.05) is 5.33 Å². The van der Waals surface area contributed by atoms with Gasteiger partial charge in [-0.3, -0.25) is 0 Å². The third kappa shape index (κ3) is 3.76. The van der Waals surface area contributed by atoms with E-state index in [4.69, 9.17) is 0 Å². The van der Waals surface area contributed by atoms with Crippen LogP contribution in [0.5, 0.6) is 0 Å². The van der Waals surface area contributed by atoms with E-state index in [9.17, 15) is 0 Å². The average Bonchev–Trinajstić information content (AvgIpc) is 2.31. The maximum absolute atomic E-state index is 3.63. The maximum Gasteiger partial charge on any atom is 0.00596 e. The SMILES string of the molecule is BrCC1CCC(CC2CCCCC2)CC1. The van der Waals surface area contributed by atoms with Gasteiger partial charge in [0.2, 0.25) is 0 Å². The molecule has 1 heteroatoms. The Kier molecular flexibility index (Phi) is 5.00. The Hall–Kier alpha value is 0.480. The van der Waals surface area contributed by atoms with Crippen molar-refractivity contribution < 1.29 is 0 Å². The summed E-state index contributed by atoms with van der Waals surface area (Å²) in [5.41, 5.74) is 0. The lowest BCUT2D eigenvalue weighted by atomic mass is 9.75. The van der Waals surface area contributed by atoms with Gasteiger partial charge >= 0.3 is 0 Å². The van der Waals surface area contributed by atoms with Crippen LogP contribution in [0, 0.1) is 17.8 Å². The van der Waals surface area contributed by atoms with Gasteiger partial charge in [-0.25, -0.2) is 0 Å². The number of alkyl halides is 1. The monoisotopic (exact) mass is 272 g/mol. The lowest BCUT2D eigenvalue weighted by Crippen LogP contribution is -2.19. The average molecular weight is 273 g/mol. The third-order valence-corrected chi connectivity index (χ3v) is 5.49. The summed E-state index contributed by atoms with van der Waals surface area (Å²) >= 11 is 3.63. The van der Waals surface area contributed by atoms with Gasteiger partial charge in [0.25, 0.3) is 0 Å². The second kappa shape index (κ2) is 6.27. The van der Waals surface area contributed by atoms with Gasteiger partial charge in [0, 0.05) is 5.33 Å². The van der Waals surface area contributed by atoms with Crippen LogP contribution < -0.4 is 0 Å². The Bertz CT molecular complexity index is 164. The first kappa shape index (κ1) is 12.0. The summed E-state index contributed by atoms with van der Waals surface area (Å²) in [6.45, 7) is 0. The predicted molar refractivity (Wildman–Crippen MR) is 70.4 cm³/mol. The highest BCUT2D eigenvalue weighted by Crippen LogP contribution is 2.37. The van der Waals surface area contributed by atoms with Crippen molar-refractivity contribution in [3.05, 3.63) is 0 Å². The summed E-state index contributed by atoms with van der Waals surface area (Å²) in [4.78, 5) is 0.